The van der Waals surface area contributed by atoms with Crippen LogP contribution in [0, 0.1) is 29.4 Å². The second-order valence-electron chi connectivity index (χ2n) is 10.0. The van der Waals surface area contributed by atoms with Crippen molar-refractivity contribution >= 4 is 11.6 Å². The van der Waals surface area contributed by atoms with Crippen molar-refractivity contribution in [2.24, 2.45) is 24.8 Å². The topological polar surface area (TPSA) is 69.6 Å². The maximum atomic E-state index is 14.4. The van der Waals surface area contributed by atoms with Gasteiger partial charge in [-0.2, -0.15) is 0 Å². The molecule has 0 saturated heterocycles. The molecule has 37 heavy (non-hydrogen) atoms. The number of amides is 1. The molecule has 2 fully saturated rings. The van der Waals surface area contributed by atoms with E-state index in [2.05, 4.69) is 5.32 Å². The maximum Gasteiger partial charge on any atom is 0.254 e. The quantitative estimate of drug-likeness (QED) is 0.389. The lowest BCUT2D eigenvalue weighted by atomic mass is 9.86. The van der Waals surface area contributed by atoms with Gasteiger partial charge >= 0.3 is 0 Å². The van der Waals surface area contributed by atoms with E-state index in [1.54, 1.807) is 38.4 Å². The van der Waals surface area contributed by atoms with Crippen molar-refractivity contribution in [3.05, 3.63) is 70.6 Å². The molecule has 2 aromatic carbocycles. The van der Waals surface area contributed by atoms with Gasteiger partial charge in [0.05, 0.1) is 6.61 Å². The first-order valence-electron chi connectivity index (χ1n) is 12.7. The van der Waals surface area contributed by atoms with Gasteiger partial charge in [0.15, 0.2) is 11.6 Å². The SMILES string of the molecule is CCOc1cc(=O)n(C)cc1-c1cc(NC(=O)CC2C[C@@H]3CC[C@H]2C3)ccc1Oc1ccc(F)cc1F. The summed E-state index contributed by atoms with van der Waals surface area (Å²) < 4.78 is 40.8. The van der Waals surface area contributed by atoms with Crippen LogP contribution in [-0.2, 0) is 11.8 Å². The molecule has 194 valence electrons. The number of hydrogen-bond acceptors (Lipinski definition) is 4. The molecule has 2 bridgehead atoms. The summed E-state index contributed by atoms with van der Waals surface area (Å²) in [4.78, 5) is 25.2. The summed E-state index contributed by atoms with van der Waals surface area (Å²) in [7, 11) is 1.61. The van der Waals surface area contributed by atoms with Crippen LogP contribution in [0.15, 0.2) is 53.5 Å². The van der Waals surface area contributed by atoms with Gasteiger partial charge in [-0.3, -0.25) is 9.59 Å². The Morgan fingerprint density at radius 1 is 1.03 bits per heavy atom. The number of halogens is 2. The van der Waals surface area contributed by atoms with E-state index in [0.717, 1.165) is 24.5 Å². The maximum absolute atomic E-state index is 14.4. The number of hydrogen-bond donors (Lipinski definition) is 1. The molecule has 8 heteroatoms. The van der Waals surface area contributed by atoms with Crippen molar-refractivity contribution in [1.82, 2.24) is 4.57 Å². The highest BCUT2D eigenvalue weighted by Crippen LogP contribution is 2.49. The fourth-order valence-electron chi connectivity index (χ4n) is 5.75. The largest absolute Gasteiger partial charge is 0.493 e. The lowest BCUT2D eigenvalue weighted by Gasteiger charge is -2.21. The van der Waals surface area contributed by atoms with Gasteiger partial charge < -0.3 is 19.4 Å². The Kier molecular flexibility index (Phi) is 7.00. The molecule has 1 aromatic heterocycles. The number of fused-ring (bicyclic) bond motifs is 2. The Bertz CT molecular complexity index is 1390. The lowest BCUT2D eigenvalue weighted by molar-refractivity contribution is -0.117. The first kappa shape index (κ1) is 25.0. The van der Waals surface area contributed by atoms with Crippen molar-refractivity contribution in [2.45, 2.75) is 39.0 Å². The molecule has 1 N–H and O–H groups in total. The van der Waals surface area contributed by atoms with Crippen LogP contribution >= 0.6 is 0 Å². The van der Waals surface area contributed by atoms with E-state index in [4.69, 9.17) is 9.47 Å². The summed E-state index contributed by atoms with van der Waals surface area (Å²) in [5.74, 6) is 0.666. The molecule has 0 aliphatic heterocycles. The van der Waals surface area contributed by atoms with E-state index >= 15 is 0 Å². The van der Waals surface area contributed by atoms with E-state index in [1.165, 1.54) is 36.0 Å². The molecule has 6 nitrogen and oxygen atoms in total. The fourth-order valence-corrected chi connectivity index (χ4v) is 5.75. The summed E-state index contributed by atoms with van der Waals surface area (Å²) in [6.07, 6.45) is 6.95. The zero-order chi connectivity index (χ0) is 26.1. The van der Waals surface area contributed by atoms with Crippen molar-refractivity contribution in [3.8, 4) is 28.4 Å². The number of pyridine rings is 1. The number of ether oxygens (including phenoxy) is 2. The standard InChI is InChI=1S/C29H30F2N2O4/c1-3-36-27-15-29(35)33(2)16-23(27)22-14-21(32-28(34)12-19-11-17-4-5-18(19)10-17)7-9-25(22)37-26-8-6-20(30)13-24(26)31/h6-9,13-19H,3-5,10-12H2,1-2H3,(H,32,34)/t17-,18+,19?/m1/s1. The molecule has 1 heterocycles. The monoisotopic (exact) mass is 508 g/mol. The highest BCUT2D eigenvalue weighted by molar-refractivity contribution is 5.92. The van der Waals surface area contributed by atoms with Gasteiger partial charge in [0.25, 0.3) is 5.56 Å². The van der Waals surface area contributed by atoms with Gasteiger partial charge in [0.1, 0.15) is 17.3 Å². The first-order valence-corrected chi connectivity index (χ1v) is 12.7. The van der Waals surface area contributed by atoms with Gasteiger partial charge in [-0.05, 0) is 74.3 Å². The van der Waals surface area contributed by atoms with Crippen LogP contribution in [-0.4, -0.2) is 17.1 Å². The minimum absolute atomic E-state index is 0.0489. The van der Waals surface area contributed by atoms with Crippen molar-refractivity contribution < 1.29 is 23.0 Å². The van der Waals surface area contributed by atoms with Gasteiger partial charge in [0.2, 0.25) is 5.91 Å². The molecular formula is C29H30F2N2O4. The Morgan fingerprint density at radius 3 is 2.54 bits per heavy atom. The number of carbonyl (C=O) groups is 1. The number of rotatable bonds is 8. The second-order valence-corrected chi connectivity index (χ2v) is 10.0. The Labute approximate surface area is 214 Å². The number of nitrogens with one attached hydrogen (secondary N) is 1. The average Bonchev–Trinajstić information content (AvgIpc) is 3.47. The molecule has 1 amide bonds. The van der Waals surface area contributed by atoms with Crippen LogP contribution in [0.1, 0.15) is 39.0 Å². The van der Waals surface area contributed by atoms with Gasteiger partial charge in [-0.25, -0.2) is 8.78 Å². The Balaban J connectivity index is 1.49. The summed E-state index contributed by atoms with van der Waals surface area (Å²) in [6, 6.07) is 9.47. The molecule has 0 spiro atoms. The molecule has 2 aliphatic rings. The third-order valence-electron chi connectivity index (χ3n) is 7.49. The molecular weight excluding hydrogens is 478 g/mol. The number of anilines is 1. The van der Waals surface area contributed by atoms with E-state index in [0.29, 0.717) is 47.4 Å². The second kappa shape index (κ2) is 10.4. The number of aromatic nitrogens is 1. The number of aryl methyl sites for hydroxylation is 1. The van der Waals surface area contributed by atoms with Crippen molar-refractivity contribution in [2.75, 3.05) is 11.9 Å². The fraction of sp³-hybridized carbons (Fsp3) is 0.379. The van der Waals surface area contributed by atoms with Crippen LogP contribution in [0.4, 0.5) is 14.5 Å². The Morgan fingerprint density at radius 2 is 1.84 bits per heavy atom. The minimum Gasteiger partial charge on any atom is -0.493 e. The van der Waals surface area contributed by atoms with E-state index in [1.807, 2.05) is 0 Å². The zero-order valence-electron chi connectivity index (χ0n) is 20.9. The minimum atomic E-state index is -0.848. The zero-order valence-corrected chi connectivity index (χ0v) is 20.9. The van der Waals surface area contributed by atoms with Gasteiger partial charge in [0, 0.05) is 48.6 Å². The van der Waals surface area contributed by atoms with Crippen LogP contribution in [0.5, 0.6) is 17.2 Å². The molecule has 2 saturated carbocycles. The van der Waals surface area contributed by atoms with Crippen LogP contribution in [0.25, 0.3) is 11.1 Å². The molecule has 1 unspecified atom stereocenters. The summed E-state index contributed by atoms with van der Waals surface area (Å²) >= 11 is 0. The highest BCUT2D eigenvalue weighted by atomic mass is 19.1. The Hall–Kier alpha value is -3.68. The average molecular weight is 509 g/mol. The van der Waals surface area contributed by atoms with E-state index < -0.39 is 11.6 Å². The summed E-state index contributed by atoms with van der Waals surface area (Å²) in [6.45, 7) is 2.13. The summed E-state index contributed by atoms with van der Waals surface area (Å²) in [5.41, 5.74) is 1.31. The molecule has 0 radical (unpaired) electrons. The highest BCUT2D eigenvalue weighted by Gasteiger charge is 2.40. The van der Waals surface area contributed by atoms with Crippen molar-refractivity contribution in [3.63, 3.8) is 0 Å². The number of benzene rings is 2. The summed E-state index contributed by atoms with van der Waals surface area (Å²) in [5, 5.41) is 3.00. The lowest BCUT2D eigenvalue weighted by Crippen LogP contribution is -2.20. The molecule has 5 rings (SSSR count). The van der Waals surface area contributed by atoms with Crippen LogP contribution in [0.2, 0.25) is 0 Å². The van der Waals surface area contributed by atoms with Crippen LogP contribution < -0.4 is 20.3 Å². The number of nitrogens with zero attached hydrogens (tertiary/aromatic N) is 1. The van der Waals surface area contributed by atoms with E-state index in [9.17, 15) is 18.4 Å². The first-order chi connectivity index (χ1) is 17.8. The van der Waals surface area contributed by atoms with Gasteiger partial charge in [-0.1, -0.05) is 6.42 Å². The number of carbonyl (C=O) groups excluding carboxylic acids is 1. The van der Waals surface area contributed by atoms with Crippen LogP contribution in [0.3, 0.4) is 0 Å². The molecule has 3 aromatic rings. The predicted octanol–water partition coefficient (Wildman–Crippen LogP) is 6.29. The van der Waals surface area contributed by atoms with Gasteiger partial charge in [-0.15, -0.1) is 0 Å². The molecule has 2 aliphatic carbocycles. The smallest absolute Gasteiger partial charge is 0.254 e. The van der Waals surface area contributed by atoms with Crippen molar-refractivity contribution in [1.29, 1.82) is 0 Å². The van der Waals surface area contributed by atoms with E-state index in [-0.39, 0.29) is 23.0 Å². The molecule has 3 atom stereocenters. The normalized spacial score (nSPS) is 20.2. The third kappa shape index (κ3) is 5.38. The third-order valence-corrected chi connectivity index (χ3v) is 7.49. The predicted molar refractivity (Wildman–Crippen MR) is 137 cm³/mol.